The number of para-hydroxylation sites is 3. The number of carboxylic acid groups (broad SMARTS) is 1. The first-order chi connectivity index (χ1) is 22.6. The first kappa shape index (κ1) is 29.9. The van der Waals surface area contributed by atoms with Gasteiger partial charge in [-0.15, -0.1) is 0 Å². The van der Waals surface area contributed by atoms with Crippen LogP contribution in [0.1, 0.15) is 24.8 Å². The van der Waals surface area contributed by atoms with E-state index in [1.807, 2.05) is 36.4 Å². The lowest BCUT2D eigenvalue weighted by molar-refractivity contribution is -0.132. The standard InChI is InChI=1S/C41H33N3O2/c42-30-34(41(45)46)29-33-12-10-11-32(28-33)27-31-19-21-38(22-20-31)44(37-17-8-3-9-18-37)40-25-23-39(24-26-40)43(35-13-4-1-5-14-35)36-15-6-2-7-16-36/h1-9,13-29H,10-12H2,(H,45,46). The number of nitriles is 1. The maximum atomic E-state index is 11.3. The van der Waals surface area contributed by atoms with Gasteiger partial charge >= 0.3 is 5.97 Å². The molecule has 0 bridgehead atoms. The summed E-state index contributed by atoms with van der Waals surface area (Å²) in [5, 5.41) is 18.4. The molecule has 0 spiro atoms. The molecule has 0 saturated carbocycles. The molecule has 5 aromatic rings. The van der Waals surface area contributed by atoms with E-state index < -0.39 is 5.97 Å². The van der Waals surface area contributed by atoms with Crippen LogP contribution >= 0.6 is 0 Å². The fourth-order valence-corrected chi connectivity index (χ4v) is 5.74. The van der Waals surface area contributed by atoms with Crippen LogP contribution in [-0.4, -0.2) is 11.1 Å². The molecular weight excluding hydrogens is 566 g/mol. The summed E-state index contributed by atoms with van der Waals surface area (Å²) in [6.07, 6.45) is 8.19. The van der Waals surface area contributed by atoms with Crippen molar-refractivity contribution in [3.05, 3.63) is 174 Å². The summed E-state index contributed by atoms with van der Waals surface area (Å²) in [4.78, 5) is 15.8. The summed E-state index contributed by atoms with van der Waals surface area (Å²) >= 11 is 0. The van der Waals surface area contributed by atoms with Crippen LogP contribution in [0.3, 0.4) is 0 Å². The number of aliphatic carboxylic acids is 1. The van der Waals surface area contributed by atoms with Crippen LogP contribution in [0, 0.1) is 11.3 Å². The maximum absolute atomic E-state index is 11.3. The highest BCUT2D eigenvalue weighted by Crippen LogP contribution is 2.39. The van der Waals surface area contributed by atoms with Crippen LogP contribution in [0.4, 0.5) is 34.1 Å². The van der Waals surface area contributed by atoms with E-state index in [1.54, 1.807) is 6.07 Å². The molecule has 0 aromatic heterocycles. The van der Waals surface area contributed by atoms with Gasteiger partial charge in [-0.25, -0.2) is 4.79 Å². The van der Waals surface area contributed by atoms with Crippen LogP contribution in [0.25, 0.3) is 6.08 Å². The SMILES string of the molecule is N#CC(=CC1=CC(=Cc2ccc(N(c3ccccc3)c3ccc(N(c4ccccc4)c4ccccc4)cc3)cc2)CCC1)C(=O)O. The third kappa shape index (κ3) is 6.99. The summed E-state index contributed by atoms with van der Waals surface area (Å²) < 4.78 is 0. The predicted octanol–water partition coefficient (Wildman–Crippen LogP) is 10.7. The van der Waals surface area contributed by atoms with Crippen LogP contribution in [-0.2, 0) is 4.79 Å². The van der Waals surface area contributed by atoms with Crippen LogP contribution < -0.4 is 9.80 Å². The second kappa shape index (κ2) is 14.1. The Morgan fingerprint density at radius 3 is 1.43 bits per heavy atom. The molecule has 1 N–H and O–H groups in total. The van der Waals surface area contributed by atoms with Gasteiger partial charge in [0.1, 0.15) is 11.6 Å². The minimum absolute atomic E-state index is 0.237. The average Bonchev–Trinajstić information content (AvgIpc) is 3.10. The molecule has 0 aliphatic heterocycles. The van der Waals surface area contributed by atoms with Crippen molar-refractivity contribution >= 4 is 46.2 Å². The van der Waals surface area contributed by atoms with Crippen molar-refractivity contribution in [2.24, 2.45) is 0 Å². The topological polar surface area (TPSA) is 67.6 Å². The molecule has 1 aliphatic rings. The number of rotatable bonds is 9. The van der Waals surface area contributed by atoms with Crippen molar-refractivity contribution in [1.29, 1.82) is 5.26 Å². The molecule has 224 valence electrons. The lowest BCUT2D eigenvalue weighted by Gasteiger charge is -2.28. The number of hydrogen-bond donors (Lipinski definition) is 1. The van der Waals surface area contributed by atoms with E-state index in [0.29, 0.717) is 0 Å². The lowest BCUT2D eigenvalue weighted by Crippen LogP contribution is -2.12. The van der Waals surface area contributed by atoms with Gasteiger partial charge in [0.25, 0.3) is 0 Å². The molecule has 0 heterocycles. The van der Waals surface area contributed by atoms with Gasteiger partial charge in [0, 0.05) is 34.1 Å². The highest BCUT2D eigenvalue weighted by Gasteiger charge is 2.16. The Hall–Kier alpha value is -6.12. The fourth-order valence-electron chi connectivity index (χ4n) is 5.74. The van der Waals surface area contributed by atoms with E-state index in [1.165, 1.54) is 6.08 Å². The molecule has 0 amide bonds. The number of anilines is 6. The van der Waals surface area contributed by atoms with Gasteiger partial charge < -0.3 is 14.9 Å². The second-order valence-corrected chi connectivity index (χ2v) is 11.1. The molecule has 0 saturated heterocycles. The minimum atomic E-state index is -1.20. The first-order valence-electron chi connectivity index (χ1n) is 15.3. The molecular formula is C41H33N3O2. The largest absolute Gasteiger partial charge is 0.477 e. The van der Waals surface area contributed by atoms with Crippen molar-refractivity contribution in [3.8, 4) is 6.07 Å². The third-order valence-electron chi connectivity index (χ3n) is 7.89. The van der Waals surface area contributed by atoms with E-state index in [0.717, 1.165) is 70.1 Å². The van der Waals surface area contributed by atoms with Gasteiger partial charge in [0.05, 0.1) is 0 Å². The number of carbonyl (C=O) groups is 1. The van der Waals surface area contributed by atoms with Gasteiger partial charge in [-0.1, -0.05) is 78.9 Å². The van der Waals surface area contributed by atoms with E-state index in [9.17, 15) is 9.90 Å². The quantitative estimate of drug-likeness (QED) is 0.135. The number of benzene rings is 5. The van der Waals surface area contributed by atoms with Gasteiger partial charge in [-0.05, 0) is 115 Å². The molecule has 6 rings (SSSR count). The molecule has 5 heteroatoms. The van der Waals surface area contributed by atoms with Crippen molar-refractivity contribution in [3.63, 3.8) is 0 Å². The van der Waals surface area contributed by atoms with Gasteiger partial charge in [-0.2, -0.15) is 5.26 Å². The van der Waals surface area contributed by atoms with Gasteiger partial charge in [-0.3, -0.25) is 0 Å². The van der Waals surface area contributed by atoms with E-state index in [4.69, 9.17) is 5.26 Å². The van der Waals surface area contributed by atoms with E-state index in [2.05, 4.69) is 125 Å². The Balaban J connectivity index is 1.31. The smallest absolute Gasteiger partial charge is 0.346 e. The molecule has 5 nitrogen and oxygen atoms in total. The Labute approximate surface area is 269 Å². The monoisotopic (exact) mass is 599 g/mol. The zero-order valence-electron chi connectivity index (χ0n) is 25.3. The zero-order valence-corrected chi connectivity index (χ0v) is 25.3. The van der Waals surface area contributed by atoms with Crippen LogP contribution in [0.5, 0.6) is 0 Å². The minimum Gasteiger partial charge on any atom is -0.477 e. The van der Waals surface area contributed by atoms with Gasteiger partial charge in [0.2, 0.25) is 0 Å². The Bertz CT molecular complexity index is 1880. The average molecular weight is 600 g/mol. The fraction of sp³-hybridized carbons (Fsp3) is 0.0732. The lowest BCUT2D eigenvalue weighted by atomic mass is 9.92. The summed E-state index contributed by atoms with van der Waals surface area (Å²) in [5.41, 5.74) is 9.19. The third-order valence-corrected chi connectivity index (χ3v) is 7.89. The molecule has 46 heavy (non-hydrogen) atoms. The summed E-state index contributed by atoms with van der Waals surface area (Å²) in [6, 6.07) is 50.0. The molecule has 0 unspecified atom stereocenters. The van der Waals surface area contributed by atoms with Crippen molar-refractivity contribution in [2.45, 2.75) is 19.3 Å². The van der Waals surface area contributed by atoms with Crippen molar-refractivity contribution < 1.29 is 9.90 Å². The first-order valence-corrected chi connectivity index (χ1v) is 15.3. The normalized spacial score (nSPS) is 13.8. The van der Waals surface area contributed by atoms with Gasteiger partial charge in [0.15, 0.2) is 0 Å². The number of nitrogens with zero attached hydrogens (tertiary/aromatic N) is 3. The predicted molar refractivity (Wildman–Crippen MR) is 187 cm³/mol. The van der Waals surface area contributed by atoms with E-state index in [-0.39, 0.29) is 5.57 Å². The summed E-state index contributed by atoms with van der Waals surface area (Å²) in [6.45, 7) is 0. The zero-order chi connectivity index (χ0) is 31.7. The Morgan fingerprint density at radius 1 is 0.609 bits per heavy atom. The number of carboxylic acids is 1. The molecule has 0 radical (unpaired) electrons. The summed E-state index contributed by atoms with van der Waals surface area (Å²) in [7, 11) is 0. The number of hydrogen-bond acceptors (Lipinski definition) is 4. The summed E-state index contributed by atoms with van der Waals surface area (Å²) in [5.74, 6) is -1.20. The molecule has 0 atom stereocenters. The Morgan fingerprint density at radius 2 is 1.02 bits per heavy atom. The van der Waals surface area contributed by atoms with Crippen molar-refractivity contribution in [2.75, 3.05) is 9.80 Å². The van der Waals surface area contributed by atoms with Crippen molar-refractivity contribution in [1.82, 2.24) is 0 Å². The molecule has 0 fully saturated rings. The Kier molecular flexibility index (Phi) is 9.18. The second-order valence-electron chi connectivity index (χ2n) is 11.1. The highest BCUT2D eigenvalue weighted by molar-refractivity contribution is 5.91. The molecule has 5 aromatic carbocycles. The maximum Gasteiger partial charge on any atom is 0.346 e. The molecule has 1 aliphatic carbocycles. The van der Waals surface area contributed by atoms with E-state index >= 15 is 0 Å². The van der Waals surface area contributed by atoms with Crippen LogP contribution in [0.15, 0.2) is 168 Å². The van der Waals surface area contributed by atoms with Crippen LogP contribution in [0.2, 0.25) is 0 Å². The highest BCUT2D eigenvalue weighted by atomic mass is 16.4. The number of allylic oxidation sites excluding steroid dienone is 4.